The molecule has 9 heteroatoms. The van der Waals surface area contributed by atoms with Crippen LogP contribution in [0, 0.1) is 6.92 Å². The van der Waals surface area contributed by atoms with Crippen LogP contribution >= 0.6 is 0 Å². The number of aliphatic imine (C=N–C) groups is 2. The van der Waals surface area contributed by atoms with Crippen molar-refractivity contribution in [3.8, 4) is 0 Å². The van der Waals surface area contributed by atoms with Crippen LogP contribution in [0.2, 0.25) is 0 Å². The molecule has 1 aromatic rings. The second-order valence-electron chi connectivity index (χ2n) is 6.72. The first-order chi connectivity index (χ1) is 13.3. The standard InChI is InChI=1S/C19H22F3N3O3/c1-3-27-16(26)18(19(20,21)22)23-15(14-9-7-8-13(2)12-14)28-17(24-18)25-10-5-4-6-11-25/h7-9,12H,3-6,10-11H2,1-2H3/t18-/m0/s1. The van der Waals surface area contributed by atoms with Gasteiger partial charge in [-0.25, -0.2) is 4.79 Å². The van der Waals surface area contributed by atoms with E-state index in [9.17, 15) is 18.0 Å². The van der Waals surface area contributed by atoms with Gasteiger partial charge in [-0.1, -0.05) is 17.7 Å². The molecule has 1 aromatic carbocycles. The Bertz CT molecular complexity index is 801. The molecule has 0 aromatic heterocycles. The van der Waals surface area contributed by atoms with Crippen molar-refractivity contribution < 1.29 is 27.4 Å². The first-order valence-electron chi connectivity index (χ1n) is 9.20. The summed E-state index contributed by atoms with van der Waals surface area (Å²) in [6.45, 7) is 4.01. The Kier molecular flexibility index (Phi) is 5.62. The van der Waals surface area contributed by atoms with Crippen LogP contribution in [-0.2, 0) is 14.3 Å². The molecule has 0 aliphatic carbocycles. The monoisotopic (exact) mass is 397 g/mol. The van der Waals surface area contributed by atoms with E-state index in [2.05, 4.69) is 9.98 Å². The second-order valence-corrected chi connectivity index (χ2v) is 6.72. The number of amidine groups is 1. The van der Waals surface area contributed by atoms with Crippen molar-refractivity contribution >= 4 is 17.9 Å². The van der Waals surface area contributed by atoms with Gasteiger partial charge >= 0.3 is 17.8 Å². The summed E-state index contributed by atoms with van der Waals surface area (Å²) < 4.78 is 52.6. The lowest BCUT2D eigenvalue weighted by Gasteiger charge is -2.35. The van der Waals surface area contributed by atoms with Crippen LogP contribution in [0.25, 0.3) is 0 Å². The van der Waals surface area contributed by atoms with E-state index in [1.807, 2.05) is 0 Å². The van der Waals surface area contributed by atoms with Crippen LogP contribution in [0.5, 0.6) is 0 Å². The van der Waals surface area contributed by atoms with Crippen LogP contribution in [0.15, 0.2) is 34.3 Å². The maximum Gasteiger partial charge on any atom is 0.446 e. The molecule has 2 aliphatic rings. The lowest BCUT2D eigenvalue weighted by molar-refractivity contribution is -0.204. The number of benzene rings is 1. The summed E-state index contributed by atoms with van der Waals surface area (Å²) in [5.41, 5.74) is -2.23. The Hall–Kier alpha value is -2.58. The van der Waals surface area contributed by atoms with Crippen molar-refractivity contribution in [2.24, 2.45) is 9.98 Å². The molecule has 0 radical (unpaired) electrons. The van der Waals surface area contributed by atoms with Gasteiger partial charge in [0, 0.05) is 18.7 Å². The molecule has 6 nitrogen and oxygen atoms in total. The number of likely N-dealkylation sites (tertiary alicyclic amines) is 1. The van der Waals surface area contributed by atoms with Gasteiger partial charge in [0.15, 0.2) is 0 Å². The van der Waals surface area contributed by atoms with Gasteiger partial charge in [0.1, 0.15) is 0 Å². The SMILES string of the molecule is CCOC(=O)[C@]1(C(F)(F)F)N=C(c2cccc(C)c2)OC(N2CCCCC2)=N1. The zero-order valence-electron chi connectivity index (χ0n) is 15.8. The van der Waals surface area contributed by atoms with E-state index in [4.69, 9.17) is 9.47 Å². The normalized spacial score (nSPS) is 22.8. The third-order valence-corrected chi connectivity index (χ3v) is 4.56. The average molecular weight is 397 g/mol. The predicted molar refractivity (Wildman–Crippen MR) is 97.1 cm³/mol. The quantitative estimate of drug-likeness (QED) is 0.733. The number of esters is 1. The second kappa shape index (κ2) is 7.81. The van der Waals surface area contributed by atoms with Gasteiger partial charge in [-0.2, -0.15) is 23.2 Å². The van der Waals surface area contributed by atoms with E-state index in [0.717, 1.165) is 24.8 Å². The minimum Gasteiger partial charge on any atom is -0.462 e. The predicted octanol–water partition coefficient (Wildman–Crippen LogP) is 3.44. The van der Waals surface area contributed by atoms with Crippen molar-refractivity contribution in [1.82, 2.24) is 4.90 Å². The molecule has 1 fully saturated rings. The molecule has 0 unspecified atom stereocenters. The molecule has 3 rings (SSSR count). The lowest BCUT2D eigenvalue weighted by Crippen LogP contribution is -2.55. The summed E-state index contributed by atoms with van der Waals surface area (Å²) in [6.07, 6.45) is -2.50. The number of alkyl halides is 3. The zero-order chi connectivity index (χ0) is 20.4. The maximum absolute atomic E-state index is 14.1. The molecule has 0 bridgehead atoms. The van der Waals surface area contributed by atoms with Gasteiger partial charge in [-0.15, -0.1) is 0 Å². The minimum atomic E-state index is -5.08. The maximum atomic E-state index is 14.1. The first-order valence-corrected chi connectivity index (χ1v) is 9.20. The number of rotatable bonds is 3. The third-order valence-electron chi connectivity index (χ3n) is 4.56. The Morgan fingerprint density at radius 1 is 1.25 bits per heavy atom. The molecule has 2 heterocycles. The molecule has 2 aliphatic heterocycles. The van der Waals surface area contributed by atoms with Crippen LogP contribution in [0.1, 0.15) is 37.3 Å². The Labute approximate surface area is 161 Å². The first kappa shape index (κ1) is 20.2. The highest BCUT2D eigenvalue weighted by atomic mass is 19.4. The van der Waals surface area contributed by atoms with Gasteiger partial charge in [0.2, 0.25) is 5.90 Å². The zero-order valence-corrected chi connectivity index (χ0v) is 15.8. The molecule has 1 saturated heterocycles. The summed E-state index contributed by atoms with van der Waals surface area (Å²) in [5.74, 6) is -1.87. The summed E-state index contributed by atoms with van der Waals surface area (Å²) in [6, 6.07) is 6.45. The Morgan fingerprint density at radius 3 is 2.57 bits per heavy atom. The van der Waals surface area contributed by atoms with Crippen LogP contribution in [0.4, 0.5) is 13.2 Å². The highest BCUT2D eigenvalue weighted by molar-refractivity contribution is 6.05. The fraction of sp³-hybridized carbons (Fsp3) is 0.526. The van der Waals surface area contributed by atoms with E-state index in [-0.39, 0.29) is 18.5 Å². The molecular formula is C19H22F3N3O3. The number of aryl methyl sites for hydroxylation is 1. The fourth-order valence-electron chi connectivity index (χ4n) is 3.13. The summed E-state index contributed by atoms with van der Waals surface area (Å²) in [7, 11) is 0. The lowest BCUT2D eigenvalue weighted by atomic mass is 10.1. The van der Waals surface area contributed by atoms with Crippen LogP contribution in [0.3, 0.4) is 0 Å². The summed E-state index contributed by atoms with van der Waals surface area (Å²) >= 11 is 0. The Balaban J connectivity index is 2.14. The number of carbonyl (C=O) groups excluding carboxylic acids is 1. The highest BCUT2D eigenvalue weighted by Gasteiger charge is 2.65. The van der Waals surface area contributed by atoms with Crippen molar-refractivity contribution in [3.63, 3.8) is 0 Å². The summed E-state index contributed by atoms with van der Waals surface area (Å²) in [4.78, 5) is 21.3. The van der Waals surface area contributed by atoms with Gasteiger partial charge in [0.25, 0.3) is 6.02 Å². The molecule has 0 amide bonds. The van der Waals surface area contributed by atoms with Crippen molar-refractivity contribution in [3.05, 3.63) is 35.4 Å². The number of hydrogen-bond acceptors (Lipinski definition) is 6. The number of carbonyl (C=O) groups is 1. The molecular weight excluding hydrogens is 375 g/mol. The minimum absolute atomic E-state index is 0.221. The van der Waals surface area contributed by atoms with E-state index in [1.54, 1.807) is 36.1 Å². The number of nitrogens with zero attached hydrogens (tertiary/aromatic N) is 3. The highest BCUT2D eigenvalue weighted by Crippen LogP contribution is 2.39. The van der Waals surface area contributed by atoms with Gasteiger partial charge in [0.05, 0.1) is 6.61 Å². The van der Waals surface area contributed by atoms with Gasteiger partial charge < -0.3 is 14.4 Å². The van der Waals surface area contributed by atoms with Crippen molar-refractivity contribution in [2.75, 3.05) is 19.7 Å². The molecule has 0 N–H and O–H groups in total. The summed E-state index contributed by atoms with van der Waals surface area (Å²) in [5, 5.41) is 0. The number of hydrogen-bond donors (Lipinski definition) is 0. The van der Waals surface area contributed by atoms with E-state index in [0.29, 0.717) is 18.7 Å². The number of halogens is 3. The smallest absolute Gasteiger partial charge is 0.446 e. The molecule has 152 valence electrons. The van der Waals surface area contributed by atoms with Gasteiger partial charge in [-0.3, -0.25) is 0 Å². The molecule has 0 saturated carbocycles. The largest absolute Gasteiger partial charge is 0.462 e. The fourth-order valence-corrected chi connectivity index (χ4v) is 3.13. The topological polar surface area (TPSA) is 63.5 Å². The average Bonchev–Trinajstić information content (AvgIpc) is 2.67. The number of ether oxygens (including phenoxy) is 2. The molecule has 28 heavy (non-hydrogen) atoms. The van der Waals surface area contributed by atoms with E-state index < -0.39 is 17.8 Å². The number of piperidine rings is 1. The van der Waals surface area contributed by atoms with Gasteiger partial charge in [-0.05, 0) is 45.2 Å². The Morgan fingerprint density at radius 2 is 1.96 bits per heavy atom. The van der Waals surface area contributed by atoms with Crippen LogP contribution < -0.4 is 0 Å². The third kappa shape index (κ3) is 3.83. The van der Waals surface area contributed by atoms with Crippen molar-refractivity contribution in [1.29, 1.82) is 0 Å². The van der Waals surface area contributed by atoms with Crippen molar-refractivity contribution in [2.45, 2.75) is 44.9 Å². The van der Waals surface area contributed by atoms with E-state index >= 15 is 0 Å². The molecule has 0 spiro atoms. The van der Waals surface area contributed by atoms with Crippen LogP contribution in [-0.4, -0.2) is 54.3 Å². The molecule has 1 atom stereocenters. The van der Waals surface area contributed by atoms with E-state index in [1.165, 1.54) is 6.92 Å².